The van der Waals surface area contributed by atoms with E-state index in [1.54, 1.807) is 0 Å². The summed E-state index contributed by atoms with van der Waals surface area (Å²) in [6, 6.07) is 12.8. The fourth-order valence-electron chi connectivity index (χ4n) is 3.09. The maximum absolute atomic E-state index is 6.30. The summed E-state index contributed by atoms with van der Waals surface area (Å²) in [7, 11) is 0. The van der Waals surface area contributed by atoms with Crippen LogP contribution < -0.4 is 4.74 Å². The molecule has 0 bridgehead atoms. The zero-order valence-corrected chi connectivity index (χ0v) is 13.5. The monoisotopic (exact) mass is 332 g/mol. The summed E-state index contributed by atoms with van der Waals surface area (Å²) in [4.78, 5) is 0. The molecule has 2 heteroatoms. The lowest BCUT2D eigenvalue weighted by Gasteiger charge is -2.27. The quantitative estimate of drug-likeness (QED) is 0.656. The van der Waals surface area contributed by atoms with Gasteiger partial charge in [0.1, 0.15) is 5.75 Å². The van der Waals surface area contributed by atoms with Gasteiger partial charge in [-0.3, -0.25) is 0 Å². The Bertz CT molecular complexity index is 585. The lowest BCUT2D eigenvalue weighted by atomic mass is 9.89. The van der Waals surface area contributed by atoms with Crippen LogP contribution in [0.5, 0.6) is 5.75 Å². The van der Waals surface area contributed by atoms with Gasteiger partial charge in [-0.1, -0.05) is 53.2 Å². The molecule has 1 fully saturated rings. The molecule has 0 heterocycles. The van der Waals surface area contributed by atoms with Crippen LogP contribution in [0, 0.1) is 5.92 Å². The molecule has 2 aromatic carbocycles. The largest absolute Gasteiger partial charge is 0.490 e. The molecule has 0 radical (unpaired) electrons. The molecule has 1 nitrogen and oxygen atoms in total. The summed E-state index contributed by atoms with van der Waals surface area (Å²) in [5.41, 5.74) is 1.28. The van der Waals surface area contributed by atoms with Crippen molar-refractivity contribution in [3.63, 3.8) is 0 Å². The first kappa shape index (κ1) is 13.9. The predicted molar refractivity (Wildman–Crippen MR) is 88.6 cm³/mol. The van der Waals surface area contributed by atoms with Crippen molar-refractivity contribution in [2.75, 3.05) is 0 Å². The Balaban J connectivity index is 1.87. The highest BCUT2D eigenvalue weighted by Gasteiger charge is 2.20. The highest BCUT2D eigenvalue weighted by atomic mass is 79.9. The molecule has 0 aromatic heterocycles. The fourth-order valence-corrected chi connectivity index (χ4v) is 3.67. The molecular weight excluding hydrogens is 312 g/mol. The highest BCUT2D eigenvalue weighted by Crippen LogP contribution is 2.33. The average molecular weight is 333 g/mol. The van der Waals surface area contributed by atoms with Crippen LogP contribution in [0.4, 0.5) is 0 Å². The Kier molecular flexibility index (Phi) is 4.30. The number of rotatable bonds is 3. The van der Waals surface area contributed by atoms with E-state index in [-0.39, 0.29) is 0 Å². The van der Waals surface area contributed by atoms with E-state index >= 15 is 0 Å². The Labute approximate surface area is 129 Å². The molecule has 0 saturated heterocycles. The minimum absolute atomic E-state index is 0.394. The molecular formula is C18H21BrO. The van der Waals surface area contributed by atoms with Gasteiger partial charge in [-0.2, -0.15) is 0 Å². The number of benzene rings is 2. The van der Waals surface area contributed by atoms with Crippen molar-refractivity contribution in [1.29, 1.82) is 0 Å². The Morgan fingerprint density at radius 1 is 1.05 bits per heavy atom. The maximum Gasteiger partial charge on any atom is 0.124 e. The number of alkyl halides is 1. The molecule has 0 N–H and O–H groups in total. The van der Waals surface area contributed by atoms with Gasteiger partial charge in [-0.25, -0.2) is 0 Å². The fraction of sp³-hybridized carbons (Fsp3) is 0.444. The van der Waals surface area contributed by atoms with Crippen molar-refractivity contribution in [2.24, 2.45) is 5.92 Å². The third kappa shape index (κ3) is 2.85. The zero-order valence-electron chi connectivity index (χ0n) is 11.9. The summed E-state index contributed by atoms with van der Waals surface area (Å²) in [5.74, 6) is 1.92. The van der Waals surface area contributed by atoms with Gasteiger partial charge in [0.25, 0.3) is 0 Å². The molecule has 20 heavy (non-hydrogen) atoms. The van der Waals surface area contributed by atoms with Gasteiger partial charge in [0.05, 0.1) is 6.10 Å². The number of fused-ring (bicyclic) bond motifs is 1. The minimum atomic E-state index is 0.394. The van der Waals surface area contributed by atoms with Crippen LogP contribution in [0.1, 0.15) is 38.2 Å². The van der Waals surface area contributed by atoms with Gasteiger partial charge >= 0.3 is 0 Å². The molecule has 0 aliphatic heterocycles. The third-order valence-electron chi connectivity index (χ3n) is 4.39. The van der Waals surface area contributed by atoms with Crippen LogP contribution in [0.2, 0.25) is 0 Å². The van der Waals surface area contributed by atoms with Gasteiger partial charge in [-0.05, 0) is 48.4 Å². The highest BCUT2D eigenvalue weighted by molar-refractivity contribution is 9.08. The van der Waals surface area contributed by atoms with Gasteiger partial charge < -0.3 is 4.74 Å². The summed E-state index contributed by atoms with van der Waals surface area (Å²) < 4.78 is 6.30. The van der Waals surface area contributed by atoms with E-state index in [0.29, 0.717) is 6.10 Å². The molecule has 0 atom stereocenters. The van der Waals surface area contributed by atoms with E-state index in [4.69, 9.17) is 4.74 Å². The molecule has 106 valence electrons. The van der Waals surface area contributed by atoms with Gasteiger partial charge in [0, 0.05) is 10.9 Å². The third-order valence-corrected chi connectivity index (χ3v) is 4.95. The molecule has 3 rings (SSSR count). The van der Waals surface area contributed by atoms with Gasteiger partial charge in [-0.15, -0.1) is 0 Å². The second kappa shape index (κ2) is 6.17. The number of hydrogen-bond acceptors (Lipinski definition) is 1. The Morgan fingerprint density at radius 2 is 1.80 bits per heavy atom. The van der Waals surface area contributed by atoms with Crippen LogP contribution in [0.3, 0.4) is 0 Å². The van der Waals surface area contributed by atoms with E-state index in [1.807, 2.05) is 0 Å². The molecule has 0 spiro atoms. The van der Waals surface area contributed by atoms with Crippen molar-refractivity contribution >= 4 is 26.7 Å². The van der Waals surface area contributed by atoms with Crippen LogP contribution in [-0.4, -0.2) is 6.10 Å². The molecule has 1 aliphatic rings. The van der Waals surface area contributed by atoms with E-state index < -0.39 is 0 Å². The first-order valence-corrected chi connectivity index (χ1v) is 8.63. The Morgan fingerprint density at radius 3 is 2.55 bits per heavy atom. The van der Waals surface area contributed by atoms with Crippen molar-refractivity contribution in [3.8, 4) is 5.75 Å². The van der Waals surface area contributed by atoms with Crippen molar-refractivity contribution < 1.29 is 4.74 Å². The lowest BCUT2D eigenvalue weighted by Crippen LogP contribution is -2.23. The minimum Gasteiger partial charge on any atom is -0.490 e. The molecule has 1 saturated carbocycles. The van der Waals surface area contributed by atoms with Crippen LogP contribution in [0.25, 0.3) is 10.8 Å². The van der Waals surface area contributed by atoms with Crippen molar-refractivity contribution in [1.82, 2.24) is 0 Å². The van der Waals surface area contributed by atoms with Gasteiger partial charge in [0.15, 0.2) is 0 Å². The average Bonchev–Trinajstić information content (AvgIpc) is 2.49. The number of ether oxygens (including phenoxy) is 1. The molecule has 0 unspecified atom stereocenters. The SMILES string of the molecule is CC1CCC(Oc2ccc3ccccc3c2CBr)CC1. The smallest absolute Gasteiger partial charge is 0.124 e. The molecule has 2 aromatic rings. The second-order valence-electron chi connectivity index (χ2n) is 5.90. The maximum atomic E-state index is 6.30. The lowest BCUT2D eigenvalue weighted by molar-refractivity contribution is 0.135. The second-order valence-corrected chi connectivity index (χ2v) is 6.46. The van der Waals surface area contributed by atoms with E-state index in [0.717, 1.165) is 17.0 Å². The normalized spacial score (nSPS) is 22.9. The summed E-state index contributed by atoms with van der Waals surface area (Å²) in [5, 5.41) is 3.42. The standard InChI is InChI=1S/C18H21BrO/c1-13-6-9-15(10-7-13)20-18-11-8-14-4-2-3-5-16(14)17(18)12-19/h2-5,8,11,13,15H,6-7,9-10,12H2,1H3. The number of hydrogen-bond donors (Lipinski definition) is 0. The summed E-state index contributed by atoms with van der Waals surface area (Å²) in [6.45, 7) is 2.34. The summed E-state index contributed by atoms with van der Waals surface area (Å²) in [6.07, 6.45) is 5.36. The zero-order chi connectivity index (χ0) is 13.9. The van der Waals surface area contributed by atoms with E-state index in [1.165, 1.54) is 42.0 Å². The predicted octanol–water partition coefficient (Wildman–Crippen LogP) is 5.69. The summed E-state index contributed by atoms with van der Waals surface area (Å²) >= 11 is 3.62. The Hall–Kier alpha value is -1.02. The molecule has 0 amide bonds. The van der Waals surface area contributed by atoms with Crippen LogP contribution in [-0.2, 0) is 5.33 Å². The first-order valence-electron chi connectivity index (χ1n) is 7.51. The van der Waals surface area contributed by atoms with Gasteiger partial charge in [0.2, 0.25) is 0 Å². The van der Waals surface area contributed by atoms with Crippen molar-refractivity contribution in [3.05, 3.63) is 42.0 Å². The van der Waals surface area contributed by atoms with Crippen LogP contribution in [0.15, 0.2) is 36.4 Å². The first-order chi connectivity index (χ1) is 9.78. The van der Waals surface area contributed by atoms with E-state index in [2.05, 4.69) is 59.3 Å². The topological polar surface area (TPSA) is 9.23 Å². The molecule has 1 aliphatic carbocycles. The van der Waals surface area contributed by atoms with Crippen molar-refractivity contribution in [2.45, 2.75) is 44.0 Å². The van der Waals surface area contributed by atoms with Crippen LogP contribution >= 0.6 is 15.9 Å². The van der Waals surface area contributed by atoms with E-state index in [9.17, 15) is 0 Å². The number of halogens is 1.